The number of halogens is 1. The molecular weight excluding hydrogens is 278 g/mol. The summed E-state index contributed by atoms with van der Waals surface area (Å²) >= 11 is 7.40. The van der Waals surface area contributed by atoms with Gasteiger partial charge in [-0.2, -0.15) is 4.37 Å². The summed E-state index contributed by atoms with van der Waals surface area (Å²) < 4.78 is 4.46. The van der Waals surface area contributed by atoms with Crippen molar-refractivity contribution in [3.63, 3.8) is 0 Å². The molecule has 2 heterocycles. The first kappa shape index (κ1) is 12.9. The van der Waals surface area contributed by atoms with E-state index in [1.807, 2.05) is 24.3 Å². The van der Waals surface area contributed by atoms with Crippen LogP contribution in [0.2, 0.25) is 5.02 Å². The third-order valence-electron chi connectivity index (χ3n) is 3.36. The van der Waals surface area contributed by atoms with Crippen LogP contribution in [0, 0.1) is 0 Å². The molecule has 1 aliphatic heterocycles. The van der Waals surface area contributed by atoms with Gasteiger partial charge < -0.3 is 4.90 Å². The number of anilines is 1. The van der Waals surface area contributed by atoms with Crippen LogP contribution in [-0.2, 0) is 6.42 Å². The number of piperidine rings is 1. The Labute approximate surface area is 122 Å². The van der Waals surface area contributed by atoms with E-state index in [4.69, 9.17) is 11.6 Å². The standard InChI is InChI=1S/C14H16ClN3S/c15-12-6-4-11(5-7-12)10-13-16-14(19-17-13)18-8-2-1-3-9-18/h4-7H,1-3,8-10H2. The zero-order valence-electron chi connectivity index (χ0n) is 10.7. The highest BCUT2D eigenvalue weighted by Gasteiger charge is 2.15. The zero-order valence-corrected chi connectivity index (χ0v) is 12.3. The van der Waals surface area contributed by atoms with Crippen molar-refractivity contribution in [1.29, 1.82) is 0 Å². The lowest BCUT2D eigenvalue weighted by Gasteiger charge is -2.25. The van der Waals surface area contributed by atoms with E-state index in [1.165, 1.54) is 36.4 Å². The van der Waals surface area contributed by atoms with Gasteiger partial charge in [0.25, 0.3) is 0 Å². The molecule has 0 amide bonds. The van der Waals surface area contributed by atoms with Gasteiger partial charge in [0.05, 0.1) is 0 Å². The number of benzene rings is 1. The molecule has 3 nitrogen and oxygen atoms in total. The Kier molecular flexibility index (Phi) is 3.99. The Bertz CT molecular complexity index is 532. The summed E-state index contributed by atoms with van der Waals surface area (Å²) in [5.41, 5.74) is 1.20. The van der Waals surface area contributed by atoms with Gasteiger partial charge in [-0.05, 0) is 37.0 Å². The molecule has 100 valence electrons. The molecule has 1 aliphatic rings. The smallest absolute Gasteiger partial charge is 0.205 e. The van der Waals surface area contributed by atoms with Crippen molar-refractivity contribution in [2.24, 2.45) is 0 Å². The third-order valence-corrected chi connectivity index (χ3v) is 4.43. The van der Waals surface area contributed by atoms with Crippen LogP contribution in [0.15, 0.2) is 24.3 Å². The molecule has 19 heavy (non-hydrogen) atoms. The van der Waals surface area contributed by atoms with Gasteiger partial charge in [-0.15, -0.1) is 0 Å². The summed E-state index contributed by atoms with van der Waals surface area (Å²) in [4.78, 5) is 7.01. The van der Waals surface area contributed by atoms with Gasteiger partial charge in [0.15, 0.2) is 0 Å². The van der Waals surface area contributed by atoms with E-state index in [-0.39, 0.29) is 0 Å². The topological polar surface area (TPSA) is 29.0 Å². The normalized spacial score (nSPS) is 15.7. The van der Waals surface area contributed by atoms with E-state index in [1.54, 1.807) is 0 Å². The Balaban J connectivity index is 1.68. The van der Waals surface area contributed by atoms with Crippen molar-refractivity contribution in [3.8, 4) is 0 Å². The molecule has 1 aromatic carbocycles. The van der Waals surface area contributed by atoms with Gasteiger partial charge in [0, 0.05) is 36.1 Å². The van der Waals surface area contributed by atoms with Crippen molar-refractivity contribution in [2.75, 3.05) is 18.0 Å². The largest absolute Gasteiger partial charge is 0.347 e. The van der Waals surface area contributed by atoms with Gasteiger partial charge in [-0.25, -0.2) is 4.98 Å². The van der Waals surface area contributed by atoms with E-state index in [0.29, 0.717) is 0 Å². The van der Waals surface area contributed by atoms with Crippen LogP contribution in [0.3, 0.4) is 0 Å². The molecule has 0 unspecified atom stereocenters. The molecule has 0 atom stereocenters. The summed E-state index contributed by atoms with van der Waals surface area (Å²) in [5, 5.41) is 1.84. The SMILES string of the molecule is Clc1ccc(Cc2nsc(N3CCCCC3)n2)cc1. The highest BCUT2D eigenvalue weighted by atomic mass is 35.5. The Morgan fingerprint density at radius 3 is 2.58 bits per heavy atom. The molecule has 5 heteroatoms. The lowest BCUT2D eigenvalue weighted by molar-refractivity contribution is 0.576. The predicted octanol–water partition coefficient (Wildman–Crippen LogP) is 3.77. The molecule has 0 radical (unpaired) electrons. The van der Waals surface area contributed by atoms with Gasteiger partial charge in [-0.1, -0.05) is 23.7 Å². The van der Waals surface area contributed by atoms with Crippen LogP contribution in [0.1, 0.15) is 30.7 Å². The highest BCUT2D eigenvalue weighted by Crippen LogP contribution is 2.22. The quantitative estimate of drug-likeness (QED) is 0.862. The van der Waals surface area contributed by atoms with E-state index in [2.05, 4.69) is 14.3 Å². The molecule has 0 aliphatic carbocycles. The summed E-state index contributed by atoms with van der Waals surface area (Å²) in [5.74, 6) is 0.910. The second-order valence-corrected chi connectivity index (χ2v) is 6.01. The lowest BCUT2D eigenvalue weighted by Crippen LogP contribution is -2.29. The fraction of sp³-hybridized carbons (Fsp3) is 0.429. The lowest BCUT2D eigenvalue weighted by atomic mass is 10.1. The molecular formula is C14H16ClN3S. The first-order valence-corrected chi connectivity index (χ1v) is 7.78. The van der Waals surface area contributed by atoms with Crippen molar-refractivity contribution in [1.82, 2.24) is 9.36 Å². The Hall–Kier alpha value is -1.13. The van der Waals surface area contributed by atoms with E-state index >= 15 is 0 Å². The number of hydrogen-bond acceptors (Lipinski definition) is 4. The Morgan fingerprint density at radius 2 is 1.84 bits per heavy atom. The van der Waals surface area contributed by atoms with Crippen molar-refractivity contribution < 1.29 is 0 Å². The summed E-state index contributed by atoms with van der Waals surface area (Å²) in [7, 11) is 0. The molecule has 0 bridgehead atoms. The van der Waals surface area contributed by atoms with Crippen LogP contribution in [0.25, 0.3) is 0 Å². The van der Waals surface area contributed by atoms with Gasteiger partial charge >= 0.3 is 0 Å². The zero-order chi connectivity index (χ0) is 13.1. The monoisotopic (exact) mass is 293 g/mol. The minimum atomic E-state index is 0.768. The van der Waals surface area contributed by atoms with Crippen LogP contribution < -0.4 is 4.90 Å². The number of rotatable bonds is 3. The number of nitrogens with zero attached hydrogens (tertiary/aromatic N) is 3. The average Bonchev–Trinajstić information content (AvgIpc) is 2.91. The first-order valence-electron chi connectivity index (χ1n) is 6.63. The summed E-state index contributed by atoms with van der Waals surface area (Å²) in [6.07, 6.45) is 4.66. The minimum absolute atomic E-state index is 0.768. The average molecular weight is 294 g/mol. The van der Waals surface area contributed by atoms with Crippen LogP contribution in [-0.4, -0.2) is 22.4 Å². The van der Waals surface area contributed by atoms with Gasteiger partial charge in [0.1, 0.15) is 5.82 Å². The van der Waals surface area contributed by atoms with E-state index in [9.17, 15) is 0 Å². The maximum atomic E-state index is 5.88. The number of aromatic nitrogens is 2. The molecule has 1 fully saturated rings. The highest BCUT2D eigenvalue weighted by molar-refractivity contribution is 7.09. The van der Waals surface area contributed by atoms with Crippen molar-refractivity contribution in [3.05, 3.63) is 40.7 Å². The molecule has 2 aromatic rings. The maximum Gasteiger partial charge on any atom is 0.205 e. The molecule has 0 N–H and O–H groups in total. The third kappa shape index (κ3) is 3.25. The Morgan fingerprint density at radius 1 is 1.11 bits per heavy atom. The van der Waals surface area contributed by atoms with Crippen LogP contribution in [0.4, 0.5) is 5.13 Å². The number of hydrogen-bond donors (Lipinski definition) is 0. The second-order valence-electron chi connectivity index (χ2n) is 4.84. The predicted molar refractivity (Wildman–Crippen MR) is 80.2 cm³/mol. The second kappa shape index (κ2) is 5.88. The molecule has 0 spiro atoms. The fourth-order valence-corrected chi connectivity index (χ4v) is 3.18. The summed E-state index contributed by atoms with van der Waals surface area (Å²) in [6.45, 7) is 2.24. The summed E-state index contributed by atoms with van der Waals surface area (Å²) in [6, 6.07) is 7.89. The van der Waals surface area contributed by atoms with E-state index in [0.717, 1.165) is 35.5 Å². The molecule has 0 saturated carbocycles. The minimum Gasteiger partial charge on any atom is -0.347 e. The maximum absolute atomic E-state index is 5.88. The first-order chi connectivity index (χ1) is 9.31. The molecule has 1 aromatic heterocycles. The molecule has 1 saturated heterocycles. The molecule has 3 rings (SSSR count). The van der Waals surface area contributed by atoms with Crippen molar-refractivity contribution in [2.45, 2.75) is 25.7 Å². The fourth-order valence-electron chi connectivity index (χ4n) is 2.32. The van der Waals surface area contributed by atoms with Crippen molar-refractivity contribution >= 4 is 28.3 Å². The van der Waals surface area contributed by atoms with Gasteiger partial charge in [-0.3, -0.25) is 0 Å². The van der Waals surface area contributed by atoms with Crippen LogP contribution >= 0.6 is 23.1 Å². The van der Waals surface area contributed by atoms with Gasteiger partial charge in [0.2, 0.25) is 5.13 Å². The van der Waals surface area contributed by atoms with Crippen LogP contribution in [0.5, 0.6) is 0 Å². The van der Waals surface area contributed by atoms with E-state index < -0.39 is 0 Å².